The fourth-order valence-corrected chi connectivity index (χ4v) is 1.88. The standard InChI is InChI=1S/C14H16Cl2N2O5/c1-3-17-14(21)18-12(19)7-22-13(20)8(2)23-11-5-4-9(15)6-10(11)16/h4-6,8H,3,7H2,1-2H3,(H2,17,18,19,21)/t8-/m1/s1. The van der Waals surface area contributed by atoms with Crippen LogP contribution < -0.4 is 15.4 Å². The summed E-state index contributed by atoms with van der Waals surface area (Å²) in [4.78, 5) is 34.2. The molecule has 23 heavy (non-hydrogen) atoms. The first-order chi connectivity index (χ1) is 10.8. The van der Waals surface area contributed by atoms with E-state index in [0.29, 0.717) is 11.6 Å². The van der Waals surface area contributed by atoms with Crippen molar-refractivity contribution in [3.63, 3.8) is 0 Å². The molecular weight excluding hydrogens is 347 g/mol. The Labute approximate surface area is 143 Å². The highest BCUT2D eigenvalue weighted by atomic mass is 35.5. The number of hydrogen-bond donors (Lipinski definition) is 2. The van der Waals surface area contributed by atoms with E-state index in [9.17, 15) is 14.4 Å². The van der Waals surface area contributed by atoms with Crippen LogP contribution in [0.25, 0.3) is 0 Å². The van der Waals surface area contributed by atoms with Gasteiger partial charge in [-0.1, -0.05) is 23.2 Å². The lowest BCUT2D eigenvalue weighted by atomic mass is 10.3. The maximum absolute atomic E-state index is 11.7. The van der Waals surface area contributed by atoms with Gasteiger partial charge < -0.3 is 14.8 Å². The van der Waals surface area contributed by atoms with Crippen molar-refractivity contribution in [3.05, 3.63) is 28.2 Å². The number of esters is 1. The Kier molecular flexibility index (Phi) is 7.64. The van der Waals surface area contributed by atoms with Gasteiger partial charge in [-0.15, -0.1) is 0 Å². The van der Waals surface area contributed by atoms with Gasteiger partial charge in [-0.25, -0.2) is 9.59 Å². The molecule has 3 amide bonds. The van der Waals surface area contributed by atoms with Crippen molar-refractivity contribution in [3.8, 4) is 5.75 Å². The summed E-state index contributed by atoms with van der Waals surface area (Å²) >= 11 is 11.7. The molecule has 0 unspecified atom stereocenters. The van der Waals surface area contributed by atoms with Crippen LogP contribution in [0.2, 0.25) is 10.0 Å². The zero-order valence-corrected chi connectivity index (χ0v) is 14.0. The molecule has 126 valence electrons. The number of carbonyl (C=O) groups excluding carboxylic acids is 3. The van der Waals surface area contributed by atoms with E-state index >= 15 is 0 Å². The number of amides is 3. The summed E-state index contributed by atoms with van der Waals surface area (Å²) in [5.41, 5.74) is 0. The van der Waals surface area contributed by atoms with Crippen LogP contribution in [-0.4, -0.2) is 37.2 Å². The smallest absolute Gasteiger partial charge is 0.347 e. The van der Waals surface area contributed by atoms with Crippen LogP contribution in [0.15, 0.2) is 18.2 Å². The molecule has 1 atom stereocenters. The molecule has 0 bridgehead atoms. The maximum atomic E-state index is 11.7. The normalized spacial score (nSPS) is 11.3. The van der Waals surface area contributed by atoms with Crippen molar-refractivity contribution in [1.82, 2.24) is 10.6 Å². The van der Waals surface area contributed by atoms with Crippen molar-refractivity contribution in [2.24, 2.45) is 0 Å². The minimum Gasteiger partial charge on any atom is -0.477 e. The Hall–Kier alpha value is -1.99. The Balaban J connectivity index is 2.45. The lowest BCUT2D eigenvalue weighted by Gasteiger charge is -2.15. The van der Waals surface area contributed by atoms with Crippen molar-refractivity contribution < 1.29 is 23.9 Å². The maximum Gasteiger partial charge on any atom is 0.347 e. The predicted molar refractivity (Wildman–Crippen MR) is 84.7 cm³/mol. The largest absolute Gasteiger partial charge is 0.477 e. The molecule has 0 aliphatic carbocycles. The van der Waals surface area contributed by atoms with Crippen molar-refractivity contribution in [1.29, 1.82) is 0 Å². The average molecular weight is 363 g/mol. The summed E-state index contributed by atoms with van der Waals surface area (Å²) in [5, 5.41) is 5.04. The molecule has 1 aromatic rings. The van der Waals surface area contributed by atoms with Gasteiger partial charge in [-0.3, -0.25) is 10.1 Å². The quantitative estimate of drug-likeness (QED) is 0.756. The number of benzene rings is 1. The van der Waals surface area contributed by atoms with Crippen LogP contribution in [-0.2, 0) is 14.3 Å². The molecule has 0 heterocycles. The van der Waals surface area contributed by atoms with Crippen molar-refractivity contribution in [2.75, 3.05) is 13.2 Å². The molecule has 0 saturated carbocycles. The monoisotopic (exact) mass is 362 g/mol. The van der Waals surface area contributed by atoms with Gasteiger partial charge in [0.05, 0.1) is 5.02 Å². The summed E-state index contributed by atoms with van der Waals surface area (Å²) < 4.78 is 10.1. The highest BCUT2D eigenvalue weighted by Crippen LogP contribution is 2.28. The Morgan fingerprint density at radius 3 is 2.57 bits per heavy atom. The number of urea groups is 1. The summed E-state index contributed by atoms with van der Waals surface area (Å²) in [6.07, 6.45) is -0.994. The van der Waals surface area contributed by atoms with Gasteiger partial charge in [0.2, 0.25) is 0 Å². The molecule has 0 saturated heterocycles. The van der Waals surface area contributed by atoms with E-state index in [-0.39, 0.29) is 10.8 Å². The Morgan fingerprint density at radius 1 is 1.26 bits per heavy atom. The predicted octanol–water partition coefficient (Wildman–Crippen LogP) is 2.15. The van der Waals surface area contributed by atoms with Crippen LogP contribution in [0.5, 0.6) is 5.75 Å². The van der Waals surface area contributed by atoms with Crippen LogP contribution in [0.1, 0.15) is 13.8 Å². The molecule has 0 aliphatic heterocycles. The summed E-state index contributed by atoms with van der Waals surface area (Å²) in [6, 6.07) is 3.87. The number of halogens is 2. The fraction of sp³-hybridized carbons (Fsp3) is 0.357. The van der Waals surface area contributed by atoms with Crippen LogP contribution in [0.3, 0.4) is 0 Å². The number of nitrogens with one attached hydrogen (secondary N) is 2. The lowest BCUT2D eigenvalue weighted by molar-refractivity contribution is -0.154. The highest BCUT2D eigenvalue weighted by Gasteiger charge is 2.19. The zero-order valence-electron chi connectivity index (χ0n) is 12.5. The number of carbonyl (C=O) groups is 3. The third kappa shape index (κ3) is 6.75. The Bertz CT molecular complexity index is 595. The summed E-state index contributed by atoms with van der Waals surface area (Å²) in [6.45, 7) is 2.91. The second-order valence-electron chi connectivity index (χ2n) is 4.35. The molecular formula is C14H16Cl2N2O5. The molecule has 1 aromatic carbocycles. The van der Waals surface area contributed by atoms with Gasteiger partial charge in [0.25, 0.3) is 5.91 Å². The minimum absolute atomic E-state index is 0.242. The SMILES string of the molecule is CCNC(=O)NC(=O)COC(=O)[C@@H](C)Oc1ccc(Cl)cc1Cl. The van der Waals surface area contributed by atoms with E-state index in [1.807, 2.05) is 5.32 Å². The average Bonchev–Trinajstić information content (AvgIpc) is 2.47. The Morgan fingerprint density at radius 2 is 1.96 bits per heavy atom. The number of imide groups is 1. The molecule has 7 nitrogen and oxygen atoms in total. The third-order valence-electron chi connectivity index (χ3n) is 2.47. The van der Waals surface area contributed by atoms with Crippen LogP contribution in [0.4, 0.5) is 4.79 Å². The van der Waals surface area contributed by atoms with Crippen LogP contribution in [0, 0.1) is 0 Å². The van der Waals surface area contributed by atoms with E-state index in [1.165, 1.54) is 19.1 Å². The topological polar surface area (TPSA) is 93.7 Å². The number of ether oxygens (including phenoxy) is 2. The molecule has 0 radical (unpaired) electrons. The fourth-order valence-electron chi connectivity index (χ4n) is 1.43. The first-order valence-electron chi connectivity index (χ1n) is 6.69. The van der Waals surface area contributed by atoms with Crippen molar-refractivity contribution >= 4 is 41.1 Å². The molecule has 9 heteroatoms. The number of hydrogen-bond acceptors (Lipinski definition) is 5. The molecule has 1 rings (SSSR count). The van der Waals surface area contributed by atoms with Crippen molar-refractivity contribution in [2.45, 2.75) is 20.0 Å². The lowest BCUT2D eigenvalue weighted by Crippen LogP contribution is -2.41. The second kappa shape index (κ2) is 9.22. The van der Waals surface area contributed by atoms with Gasteiger partial charge in [-0.2, -0.15) is 0 Å². The molecule has 2 N–H and O–H groups in total. The summed E-state index contributed by atoms with van der Waals surface area (Å²) in [7, 11) is 0. The number of rotatable bonds is 6. The highest BCUT2D eigenvalue weighted by molar-refractivity contribution is 6.35. The molecule has 0 aliphatic rings. The van der Waals surface area contributed by atoms with Crippen LogP contribution >= 0.6 is 23.2 Å². The van der Waals surface area contributed by atoms with E-state index in [1.54, 1.807) is 13.0 Å². The molecule has 0 spiro atoms. The molecule has 0 fully saturated rings. The zero-order chi connectivity index (χ0) is 17.4. The van der Waals surface area contributed by atoms with E-state index in [2.05, 4.69) is 5.32 Å². The second-order valence-corrected chi connectivity index (χ2v) is 5.19. The van der Waals surface area contributed by atoms with Gasteiger partial charge in [0, 0.05) is 11.6 Å². The van der Waals surface area contributed by atoms with Gasteiger partial charge in [0.1, 0.15) is 5.75 Å². The molecule has 0 aromatic heterocycles. The van der Waals surface area contributed by atoms with Gasteiger partial charge in [0.15, 0.2) is 12.7 Å². The minimum atomic E-state index is -0.994. The van der Waals surface area contributed by atoms with Gasteiger partial charge >= 0.3 is 12.0 Å². The summed E-state index contributed by atoms with van der Waals surface area (Å²) in [5.74, 6) is -1.27. The van der Waals surface area contributed by atoms with E-state index in [4.69, 9.17) is 32.7 Å². The third-order valence-corrected chi connectivity index (χ3v) is 3.00. The first-order valence-corrected chi connectivity index (χ1v) is 7.45. The van der Waals surface area contributed by atoms with E-state index in [0.717, 1.165) is 0 Å². The van der Waals surface area contributed by atoms with Gasteiger partial charge in [-0.05, 0) is 32.0 Å². The van der Waals surface area contributed by atoms with E-state index < -0.39 is 30.6 Å². The first kappa shape index (κ1) is 19.1.